The number of ether oxygens (including phenoxy) is 1. The van der Waals surface area contributed by atoms with Gasteiger partial charge in [0.1, 0.15) is 5.75 Å². The van der Waals surface area contributed by atoms with Crippen LogP contribution in [0.5, 0.6) is 5.75 Å². The number of nitrogens with one attached hydrogen (secondary N) is 1. The van der Waals surface area contributed by atoms with Crippen LogP contribution in [-0.4, -0.2) is 67.9 Å². The first kappa shape index (κ1) is 22.3. The Labute approximate surface area is 180 Å². The van der Waals surface area contributed by atoms with Crippen molar-refractivity contribution in [3.05, 3.63) is 29.8 Å². The van der Waals surface area contributed by atoms with Crippen LogP contribution in [0, 0.1) is 5.92 Å². The summed E-state index contributed by atoms with van der Waals surface area (Å²) < 4.78 is 70.7. The van der Waals surface area contributed by atoms with Crippen molar-refractivity contribution < 1.29 is 26.3 Å². The molecule has 4 rings (SSSR count). The average molecular weight is 461 g/mol. The third-order valence-electron chi connectivity index (χ3n) is 6.28. The molecule has 0 spiro atoms. The maximum atomic E-state index is 13.6. The number of rotatable bonds is 6. The van der Waals surface area contributed by atoms with E-state index in [1.54, 1.807) is 18.0 Å². The fourth-order valence-corrected chi connectivity index (χ4v) is 6.80. The van der Waals surface area contributed by atoms with E-state index in [9.17, 15) is 21.6 Å². The van der Waals surface area contributed by atoms with Gasteiger partial charge in [-0.2, -0.15) is 4.31 Å². The van der Waals surface area contributed by atoms with E-state index in [4.69, 9.17) is 0 Å². The smallest absolute Gasteiger partial charge is 0.406 e. The molecule has 2 aliphatic heterocycles. The lowest BCUT2D eigenvalue weighted by Crippen LogP contribution is -2.55. The van der Waals surface area contributed by atoms with Gasteiger partial charge in [-0.1, -0.05) is 12.1 Å². The van der Waals surface area contributed by atoms with Gasteiger partial charge in [-0.15, -0.1) is 13.2 Å². The van der Waals surface area contributed by atoms with Crippen LogP contribution in [0.4, 0.5) is 13.2 Å². The third kappa shape index (κ3) is 5.15. The molecule has 2 bridgehead atoms. The van der Waals surface area contributed by atoms with Crippen molar-refractivity contribution in [3.8, 4) is 5.75 Å². The first-order valence-electron chi connectivity index (χ1n) is 10.4. The van der Waals surface area contributed by atoms with E-state index in [0.717, 1.165) is 25.8 Å². The number of likely N-dealkylation sites (N-methyl/N-ethyl adjacent to an activating group) is 1. The first-order chi connectivity index (χ1) is 14.6. The van der Waals surface area contributed by atoms with Crippen LogP contribution in [0.2, 0.25) is 0 Å². The van der Waals surface area contributed by atoms with E-state index in [1.165, 1.54) is 28.8 Å². The van der Waals surface area contributed by atoms with Gasteiger partial charge in [0, 0.05) is 25.7 Å². The quantitative estimate of drug-likeness (QED) is 0.706. The monoisotopic (exact) mass is 460 g/mol. The number of hydrogen-bond donors (Lipinski definition) is 1. The number of hydrogen-bond acceptors (Lipinski definition) is 6. The van der Waals surface area contributed by atoms with Crippen LogP contribution < -0.4 is 10.1 Å². The van der Waals surface area contributed by atoms with Crippen LogP contribution in [0.15, 0.2) is 29.3 Å². The van der Waals surface area contributed by atoms with Crippen LogP contribution in [0.3, 0.4) is 0 Å². The molecule has 1 N–H and O–H groups in total. The second-order valence-corrected chi connectivity index (χ2v) is 10.6. The van der Waals surface area contributed by atoms with Gasteiger partial charge in [0.2, 0.25) is 10.0 Å². The highest BCUT2D eigenvalue weighted by molar-refractivity contribution is 7.89. The summed E-state index contributed by atoms with van der Waals surface area (Å²) in [6, 6.07) is 5.75. The molecule has 1 saturated carbocycles. The number of fused-ring (bicyclic) bond motifs is 2. The number of piperidine rings is 1. The summed E-state index contributed by atoms with van der Waals surface area (Å²) in [7, 11) is -2.04. The summed E-state index contributed by atoms with van der Waals surface area (Å²) in [5, 5.41) is 2.56. The first-order valence-corrected chi connectivity index (χ1v) is 11.9. The van der Waals surface area contributed by atoms with Gasteiger partial charge >= 0.3 is 6.36 Å². The van der Waals surface area contributed by atoms with Gasteiger partial charge in [-0.25, -0.2) is 8.42 Å². The lowest BCUT2D eigenvalue weighted by molar-refractivity contribution is -0.274. The van der Waals surface area contributed by atoms with Crippen LogP contribution in [0.1, 0.15) is 31.2 Å². The molecular formula is C20H27F3N4O3S. The Bertz CT molecular complexity index is 924. The number of benzene rings is 1. The summed E-state index contributed by atoms with van der Waals surface area (Å²) in [5.41, 5.74) is 0.455. The van der Waals surface area contributed by atoms with Crippen LogP contribution in [0.25, 0.3) is 0 Å². The van der Waals surface area contributed by atoms with Crippen LogP contribution >= 0.6 is 0 Å². The van der Waals surface area contributed by atoms with Crippen molar-refractivity contribution in [1.29, 1.82) is 0 Å². The number of sulfonamides is 1. The molecular weight excluding hydrogens is 433 g/mol. The highest BCUT2D eigenvalue weighted by Crippen LogP contribution is 2.37. The van der Waals surface area contributed by atoms with Crippen molar-refractivity contribution in [3.63, 3.8) is 0 Å². The summed E-state index contributed by atoms with van der Waals surface area (Å²) in [6.07, 6.45) is 0.0749. The molecule has 3 aliphatic rings. The molecule has 4 unspecified atom stereocenters. The summed E-state index contributed by atoms with van der Waals surface area (Å²) >= 11 is 0. The summed E-state index contributed by atoms with van der Waals surface area (Å²) in [5.74, 6) is -0.140. The second kappa shape index (κ2) is 8.59. The van der Waals surface area contributed by atoms with Crippen molar-refractivity contribution in [2.75, 3.05) is 20.1 Å². The van der Waals surface area contributed by atoms with Gasteiger partial charge in [-0.3, -0.25) is 4.99 Å². The molecule has 2 heterocycles. The molecule has 0 radical (unpaired) electrons. The number of nitrogens with zero attached hydrogens (tertiary/aromatic N) is 3. The number of halogens is 3. The molecule has 11 heteroatoms. The Balaban J connectivity index is 1.63. The van der Waals surface area contributed by atoms with Gasteiger partial charge < -0.3 is 15.0 Å². The molecule has 1 aliphatic carbocycles. The topological polar surface area (TPSA) is 74.2 Å². The van der Waals surface area contributed by atoms with Gasteiger partial charge in [-0.05, 0) is 55.8 Å². The minimum absolute atomic E-state index is 0.00755. The Kier molecular flexibility index (Phi) is 6.19. The lowest BCUT2D eigenvalue weighted by Gasteiger charge is -2.45. The number of aliphatic imine (C=N–C) groups is 1. The van der Waals surface area contributed by atoms with E-state index in [-0.39, 0.29) is 30.8 Å². The van der Waals surface area contributed by atoms with E-state index in [1.807, 2.05) is 0 Å². The van der Waals surface area contributed by atoms with E-state index >= 15 is 0 Å². The fraction of sp³-hybridized carbons (Fsp3) is 0.650. The zero-order valence-electron chi connectivity index (χ0n) is 17.3. The predicted molar refractivity (Wildman–Crippen MR) is 110 cm³/mol. The van der Waals surface area contributed by atoms with Crippen LogP contribution in [-0.2, 0) is 16.6 Å². The fourth-order valence-electron chi connectivity index (χ4n) is 4.87. The Morgan fingerprint density at radius 1 is 1.29 bits per heavy atom. The summed E-state index contributed by atoms with van der Waals surface area (Å²) in [6.45, 7) is 1.10. The second-order valence-electron chi connectivity index (χ2n) is 8.52. The molecule has 1 aromatic carbocycles. The third-order valence-corrected chi connectivity index (χ3v) is 8.29. The average Bonchev–Trinajstić information content (AvgIpc) is 3.13. The van der Waals surface area contributed by atoms with E-state index in [0.29, 0.717) is 18.0 Å². The van der Waals surface area contributed by atoms with E-state index in [2.05, 4.69) is 15.0 Å². The number of alkyl halides is 3. The lowest BCUT2D eigenvalue weighted by atomic mass is 9.77. The predicted octanol–water partition coefficient (Wildman–Crippen LogP) is 2.55. The molecule has 1 aromatic rings. The normalized spacial score (nSPS) is 28.9. The Morgan fingerprint density at radius 3 is 2.81 bits per heavy atom. The molecule has 0 aromatic heterocycles. The zero-order valence-corrected chi connectivity index (χ0v) is 18.1. The largest absolute Gasteiger partial charge is 0.573 e. The van der Waals surface area contributed by atoms with Gasteiger partial charge in [0.25, 0.3) is 0 Å². The summed E-state index contributed by atoms with van der Waals surface area (Å²) in [4.78, 5) is 5.90. The molecule has 31 heavy (non-hydrogen) atoms. The maximum Gasteiger partial charge on any atom is 0.573 e. The minimum atomic E-state index is -4.80. The highest BCUT2D eigenvalue weighted by atomic mass is 32.2. The maximum absolute atomic E-state index is 13.6. The molecule has 0 amide bonds. The minimum Gasteiger partial charge on any atom is -0.406 e. The molecule has 172 valence electrons. The van der Waals surface area contributed by atoms with Gasteiger partial charge in [0.05, 0.1) is 12.9 Å². The molecule has 7 nitrogen and oxygen atoms in total. The van der Waals surface area contributed by atoms with E-state index < -0.39 is 21.8 Å². The van der Waals surface area contributed by atoms with Gasteiger partial charge in [0.15, 0.2) is 5.37 Å². The van der Waals surface area contributed by atoms with Crippen molar-refractivity contribution in [1.82, 2.24) is 14.5 Å². The Morgan fingerprint density at radius 2 is 2.10 bits per heavy atom. The molecule has 1 saturated heterocycles. The van der Waals surface area contributed by atoms with Crippen molar-refractivity contribution in [2.45, 2.75) is 56.0 Å². The molecule has 4 atom stereocenters. The van der Waals surface area contributed by atoms with Crippen molar-refractivity contribution >= 4 is 16.4 Å². The Hall–Kier alpha value is -1.85. The van der Waals surface area contributed by atoms with Crippen molar-refractivity contribution in [2.24, 2.45) is 10.9 Å². The highest BCUT2D eigenvalue weighted by Gasteiger charge is 2.44. The standard InChI is InChI=1S/C20H27F3N4O3S/c1-26-12-19(25-13-26)31(28,29)27(18-6-5-16-10-15(18)7-8-24-16)11-14-3-2-4-17(9-14)30-20(21,22)23/h2-4,9,13,15-16,18-19,24H,5-8,10-12H2,1H3. The SMILES string of the molecule is CN1C=NC(S(=O)(=O)N(Cc2cccc(OC(F)(F)F)c2)C2CCC3CC2CCN3)C1. The molecule has 2 fully saturated rings. The zero-order chi connectivity index (χ0) is 22.2.